The number of aryl methyl sites for hydroxylation is 2. The second-order valence-corrected chi connectivity index (χ2v) is 6.86. The fraction of sp³-hybridized carbons (Fsp3) is 0.450. The summed E-state index contributed by atoms with van der Waals surface area (Å²) in [6.07, 6.45) is 1.37. The van der Waals surface area contributed by atoms with Gasteiger partial charge in [0.2, 0.25) is 5.91 Å². The van der Waals surface area contributed by atoms with Gasteiger partial charge in [-0.05, 0) is 19.8 Å². The van der Waals surface area contributed by atoms with Gasteiger partial charge in [0.15, 0.2) is 11.7 Å². The molecule has 0 aliphatic carbocycles. The zero-order chi connectivity index (χ0) is 19.3. The highest BCUT2D eigenvalue weighted by atomic mass is 16.5. The number of carboxylic acid groups (broad SMARTS) is 1. The number of nitrogens with one attached hydrogen (secondary N) is 1. The molecule has 1 aliphatic rings. The maximum atomic E-state index is 12.2. The number of oxazole rings is 1. The molecule has 1 saturated heterocycles. The Morgan fingerprint density at radius 1 is 1.22 bits per heavy atom. The Hall–Kier alpha value is -2.67. The van der Waals surface area contributed by atoms with E-state index in [4.69, 9.17) is 9.15 Å². The van der Waals surface area contributed by atoms with Crippen LogP contribution in [0.15, 0.2) is 34.7 Å². The van der Waals surface area contributed by atoms with Gasteiger partial charge in [-0.15, -0.1) is 0 Å². The lowest BCUT2D eigenvalue weighted by molar-refractivity contribution is -0.154. The minimum absolute atomic E-state index is 0.115. The number of hydrogen-bond acceptors (Lipinski definition) is 5. The molecule has 27 heavy (non-hydrogen) atoms. The highest BCUT2D eigenvalue weighted by Gasteiger charge is 2.40. The third-order valence-corrected chi connectivity index (χ3v) is 4.97. The minimum Gasteiger partial charge on any atom is -0.481 e. The lowest BCUT2D eigenvalue weighted by Gasteiger charge is -2.33. The van der Waals surface area contributed by atoms with Gasteiger partial charge in [-0.25, -0.2) is 4.98 Å². The van der Waals surface area contributed by atoms with Gasteiger partial charge in [-0.2, -0.15) is 0 Å². The van der Waals surface area contributed by atoms with E-state index in [0.717, 1.165) is 11.3 Å². The van der Waals surface area contributed by atoms with E-state index in [1.807, 2.05) is 37.3 Å². The van der Waals surface area contributed by atoms with E-state index in [1.165, 1.54) is 0 Å². The van der Waals surface area contributed by atoms with E-state index in [-0.39, 0.29) is 18.9 Å². The van der Waals surface area contributed by atoms with Gasteiger partial charge in [0.05, 0.1) is 11.1 Å². The molecule has 1 aliphatic heterocycles. The van der Waals surface area contributed by atoms with Crippen LogP contribution in [-0.2, 0) is 20.7 Å². The molecule has 7 nitrogen and oxygen atoms in total. The molecule has 0 saturated carbocycles. The summed E-state index contributed by atoms with van der Waals surface area (Å²) >= 11 is 0. The number of benzene rings is 1. The maximum absolute atomic E-state index is 12.2. The van der Waals surface area contributed by atoms with E-state index in [9.17, 15) is 14.7 Å². The maximum Gasteiger partial charge on any atom is 0.311 e. The molecule has 144 valence electrons. The molecule has 1 aromatic heterocycles. The molecule has 2 heterocycles. The predicted octanol–water partition coefficient (Wildman–Crippen LogP) is 2.58. The number of carbonyl (C=O) groups excluding carboxylic acids is 1. The van der Waals surface area contributed by atoms with Gasteiger partial charge in [0.25, 0.3) is 0 Å². The van der Waals surface area contributed by atoms with Crippen LogP contribution in [0.1, 0.15) is 30.8 Å². The van der Waals surface area contributed by atoms with E-state index in [2.05, 4.69) is 10.3 Å². The second-order valence-electron chi connectivity index (χ2n) is 6.86. The Morgan fingerprint density at radius 3 is 2.59 bits per heavy atom. The van der Waals surface area contributed by atoms with Crippen molar-refractivity contribution in [1.82, 2.24) is 10.3 Å². The molecule has 0 spiro atoms. The van der Waals surface area contributed by atoms with Gasteiger partial charge in [0, 0.05) is 38.2 Å². The Labute approximate surface area is 157 Å². The number of aromatic nitrogens is 1. The molecular weight excluding hydrogens is 348 g/mol. The third kappa shape index (κ3) is 4.54. The summed E-state index contributed by atoms with van der Waals surface area (Å²) in [6.45, 7) is 2.79. The third-order valence-electron chi connectivity index (χ3n) is 4.97. The fourth-order valence-corrected chi connectivity index (χ4v) is 3.22. The molecule has 3 rings (SSSR count). The van der Waals surface area contributed by atoms with Crippen molar-refractivity contribution in [3.8, 4) is 11.3 Å². The van der Waals surface area contributed by atoms with E-state index in [1.54, 1.807) is 0 Å². The largest absolute Gasteiger partial charge is 0.481 e. The average Bonchev–Trinajstić information content (AvgIpc) is 3.06. The van der Waals surface area contributed by atoms with Crippen molar-refractivity contribution in [2.24, 2.45) is 5.41 Å². The molecular formula is C20H24N2O5. The number of ether oxygens (including phenoxy) is 1. The Balaban J connectivity index is 1.54. The Morgan fingerprint density at radius 2 is 1.93 bits per heavy atom. The van der Waals surface area contributed by atoms with Gasteiger partial charge < -0.3 is 19.6 Å². The standard InChI is InChI=1S/C20H24N2O5/c1-14-18(15-5-3-2-4-6-15)27-17(22-14)8-7-16(23)21-13-20(19(24)25)9-11-26-12-10-20/h2-6H,7-13H2,1H3,(H,21,23)(H,24,25). The molecule has 2 N–H and O–H groups in total. The van der Waals surface area contributed by atoms with Crippen molar-refractivity contribution in [1.29, 1.82) is 0 Å². The van der Waals surface area contributed by atoms with Crippen LogP contribution >= 0.6 is 0 Å². The summed E-state index contributed by atoms with van der Waals surface area (Å²) in [4.78, 5) is 28.2. The smallest absolute Gasteiger partial charge is 0.311 e. The number of carboxylic acids is 1. The van der Waals surface area contributed by atoms with Crippen LogP contribution in [0.5, 0.6) is 0 Å². The zero-order valence-electron chi connectivity index (χ0n) is 15.4. The summed E-state index contributed by atoms with van der Waals surface area (Å²) in [5, 5.41) is 12.3. The molecule has 0 unspecified atom stereocenters. The normalized spacial score (nSPS) is 16.0. The molecule has 2 aromatic rings. The van der Waals surface area contributed by atoms with Crippen LogP contribution in [0, 0.1) is 12.3 Å². The number of rotatable bonds is 7. The van der Waals surface area contributed by atoms with Crippen molar-refractivity contribution >= 4 is 11.9 Å². The van der Waals surface area contributed by atoms with Gasteiger partial charge in [-0.3, -0.25) is 9.59 Å². The summed E-state index contributed by atoms with van der Waals surface area (Å²) in [5.41, 5.74) is 0.790. The van der Waals surface area contributed by atoms with E-state index < -0.39 is 11.4 Å². The first-order chi connectivity index (χ1) is 13.0. The molecule has 0 radical (unpaired) electrons. The van der Waals surface area contributed by atoms with Crippen molar-refractivity contribution in [3.05, 3.63) is 41.9 Å². The first-order valence-corrected chi connectivity index (χ1v) is 9.10. The predicted molar refractivity (Wildman–Crippen MR) is 98.1 cm³/mol. The highest BCUT2D eigenvalue weighted by molar-refractivity contribution is 5.79. The molecule has 0 bridgehead atoms. The summed E-state index contributed by atoms with van der Waals surface area (Å²) < 4.78 is 11.0. The molecule has 1 aromatic carbocycles. The molecule has 0 atom stereocenters. The molecule has 1 fully saturated rings. The van der Waals surface area contributed by atoms with Crippen LogP contribution in [-0.4, -0.2) is 41.7 Å². The number of nitrogens with zero attached hydrogens (tertiary/aromatic N) is 1. The lowest BCUT2D eigenvalue weighted by atomic mass is 9.80. The number of aliphatic carboxylic acids is 1. The van der Waals surface area contributed by atoms with Crippen LogP contribution in [0.4, 0.5) is 0 Å². The fourth-order valence-electron chi connectivity index (χ4n) is 3.22. The van der Waals surface area contributed by atoms with E-state index in [0.29, 0.717) is 44.1 Å². The Bertz CT molecular complexity index is 794. The summed E-state index contributed by atoms with van der Waals surface area (Å²) in [6, 6.07) is 9.69. The van der Waals surface area contributed by atoms with Gasteiger partial charge in [-0.1, -0.05) is 30.3 Å². The van der Waals surface area contributed by atoms with E-state index >= 15 is 0 Å². The average molecular weight is 372 g/mol. The van der Waals surface area contributed by atoms with Crippen molar-refractivity contribution in [2.75, 3.05) is 19.8 Å². The summed E-state index contributed by atoms with van der Waals surface area (Å²) in [5.74, 6) is 0.111. The number of amides is 1. The second kappa shape index (κ2) is 8.35. The Kier molecular flexibility index (Phi) is 5.91. The van der Waals surface area contributed by atoms with Crippen LogP contribution in [0.25, 0.3) is 11.3 Å². The van der Waals surface area contributed by atoms with Gasteiger partial charge >= 0.3 is 5.97 Å². The number of carbonyl (C=O) groups is 2. The van der Waals surface area contributed by atoms with Crippen molar-refractivity contribution in [2.45, 2.75) is 32.6 Å². The minimum atomic E-state index is -0.937. The van der Waals surface area contributed by atoms with Crippen LogP contribution < -0.4 is 5.32 Å². The SMILES string of the molecule is Cc1nc(CCC(=O)NCC2(C(=O)O)CCOCC2)oc1-c1ccccc1. The molecule has 7 heteroatoms. The quantitative estimate of drug-likeness (QED) is 0.775. The van der Waals surface area contributed by atoms with Crippen molar-refractivity contribution < 1.29 is 23.8 Å². The van der Waals surface area contributed by atoms with Crippen LogP contribution in [0.3, 0.4) is 0 Å². The lowest BCUT2D eigenvalue weighted by Crippen LogP contribution is -2.46. The highest BCUT2D eigenvalue weighted by Crippen LogP contribution is 2.30. The first kappa shape index (κ1) is 19.1. The van der Waals surface area contributed by atoms with Gasteiger partial charge in [0.1, 0.15) is 0 Å². The first-order valence-electron chi connectivity index (χ1n) is 9.10. The number of hydrogen-bond donors (Lipinski definition) is 2. The molecule has 1 amide bonds. The monoisotopic (exact) mass is 372 g/mol. The van der Waals surface area contributed by atoms with Crippen molar-refractivity contribution in [3.63, 3.8) is 0 Å². The zero-order valence-corrected chi connectivity index (χ0v) is 15.4. The van der Waals surface area contributed by atoms with Crippen LogP contribution in [0.2, 0.25) is 0 Å². The summed E-state index contributed by atoms with van der Waals surface area (Å²) in [7, 11) is 0. The topological polar surface area (TPSA) is 102 Å².